The normalized spacial score (nSPS) is 14.4. The molecule has 2 unspecified atom stereocenters. The Labute approximate surface area is 175 Å². The second-order valence-electron chi connectivity index (χ2n) is 6.48. The molecule has 0 aromatic carbocycles. The average Bonchev–Trinajstić information content (AvgIpc) is 2.51. The number of hydrogen-bond donors (Lipinski definition) is 8. The molecule has 0 spiro atoms. The lowest BCUT2D eigenvalue weighted by Gasteiger charge is -2.35. The molecule has 0 heterocycles. The third-order valence-electron chi connectivity index (χ3n) is 3.81. The lowest BCUT2D eigenvalue weighted by atomic mass is 10.0. The van der Waals surface area contributed by atoms with Crippen LogP contribution in [0, 0.1) is 0 Å². The van der Waals surface area contributed by atoms with Crippen LogP contribution in [0.15, 0.2) is 0 Å². The molecule has 31 heavy (non-hydrogen) atoms. The summed E-state index contributed by atoms with van der Waals surface area (Å²) in [5.74, 6) is -6.49. The minimum Gasteiger partial charge on any atom is -0.481 e. The number of carbonyl (C=O) groups is 4. The zero-order chi connectivity index (χ0) is 24.6. The molecule has 0 aliphatic rings. The molecule has 2 atom stereocenters. The van der Waals surface area contributed by atoms with E-state index in [-0.39, 0.29) is 0 Å². The van der Waals surface area contributed by atoms with E-state index in [1.165, 1.54) is 0 Å². The number of carboxylic acid groups (broad SMARTS) is 4. The Morgan fingerprint density at radius 1 is 0.710 bits per heavy atom. The lowest BCUT2D eigenvalue weighted by molar-refractivity contribution is -0.156. The van der Waals surface area contributed by atoms with Crippen LogP contribution in [-0.4, -0.2) is 111 Å². The highest BCUT2D eigenvalue weighted by Gasteiger charge is 2.37. The fraction of sp³-hybridized carbons (Fsp3) is 0.692. The van der Waals surface area contributed by atoms with Gasteiger partial charge in [-0.2, -0.15) is 0 Å². The average molecular weight is 494 g/mol. The standard InChI is InChI=1S/C13H24N2O14P2/c16-10(17)2-1-8(12(20)21)15(9(13(22)23)5-11(18)19)4-3-14(6-30(24,25)26)7-31(27,28)29/h8-9H,1-7H2,(H,16,17)(H,18,19)(H,20,21)(H,22,23)(H2,24,25,26)(H2,27,28,29). The first-order valence-corrected chi connectivity index (χ1v) is 12.0. The van der Waals surface area contributed by atoms with Crippen molar-refractivity contribution in [1.82, 2.24) is 9.80 Å². The van der Waals surface area contributed by atoms with Gasteiger partial charge < -0.3 is 40.0 Å². The van der Waals surface area contributed by atoms with Crippen LogP contribution >= 0.6 is 15.2 Å². The molecule has 180 valence electrons. The van der Waals surface area contributed by atoms with Crippen LogP contribution in [0.2, 0.25) is 0 Å². The first-order valence-electron chi connectivity index (χ1n) is 8.39. The van der Waals surface area contributed by atoms with E-state index >= 15 is 0 Å². The van der Waals surface area contributed by atoms with Crippen molar-refractivity contribution < 1.29 is 68.3 Å². The summed E-state index contributed by atoms with van der Waals surface area (Å²) >= 11 is 0. The smallest absolute Gasteiger partial charge is 0.339 e. The molecular weight excluding hydrogens is 470 g/mol. The van der Waals surface area contributed by atoms with Crippen LogP contribution in [0.1, 0.15) is 19.3 Å². The molecule has 0 fully saturated rings. The number of hydrogen-bond acceptors (Lipinski definition) is 8. The number of aliphatic carboxylic acids is 4. The third-order valence-corrected chi connectivity index (χ3v) is 5.35. The minimum absolute atomic E-state index is 0.574. The maximum atomic E-state index is 11.6. The monoisotopic (exact) mass is 494 g/mol. The number of nitrogens with zero attached hydrogens (tertiary/aromatic N) is 2. The Balaban J connectivity index is 5.96. The SMILES string of the molecule is O=C(O)CCC(C(=O)O)N(CCN(CP(=O)(O)O)CP(=O)(O)O)C(CC(=O)O)C(=O)O. The molecule has 16 nitrogen and oxygen atoms in total. The summed E-state index contributed by atoms with van der Waals surface area (Å²) < 4.78 is 22.5. The van der Waals surface area contributed by atoms with Gasteiger partial charge >= 0.3 is 39.1 Å². The predicted molar refractivity (Wildman–Crippen MR) is 99.2 cm³/mol. The molecular formula is C13H24N2O14P2. The second-order valence-corrected chi connectivity index (χ2v) is 9.71. The van der Waals surface area contributed by atoms with Gasteiger partial charge in [-0.3, -0.25) is 38.1 Å². The molecule has 0 aromatic rings. The molecule has 8 N–H and O–H groups in total. The van der Waals surface area contributed by atoms with Crippen LogP contribution in [0.3, 0.4) is 0 Å². The summed E-state index contributed by atoms with van der Waals surface area (Å²) in [7, 11) is -9.68. The van der Waals surface area contributed by atoms with E-state index in [4.69, 9.17) is 29.8 Å². The van der Waals surface area contributed by atoms with Crippen LogP contribution < -0.4 is 0 Å². The predicted octanol–water partition coefficient (Wildman–Crippen LogP) is -1.89. The topological polar surface area (TPSA) is 271 Å². The van der Waals surface area contributed by atoms with Gasteiger partial charge in [0.05, 0.1) is 6.42 Å². The molecule has 0 radical (unpaired) electrons. The van der Waals surface area contributed by atoms with Crippen LogP contribution in [0.5, 0.6) is 0 Å². The van der Waals surface area contributed by atoms with Crippen molar-refractivity contribution in [2.75, 3.05) is 25.7 Å². The van der Waals surface area contributed by atoms with Crippen LogP contribution in [-0.2, 0) is 28.3 Å². The molecule has 0 saturated heterocycles. The van der Waals surface area contributed by atoms with E-state index in [1.54, 1.807) is 0 Å². The van der Waals surface area contributed by atoms with Gasteiger partial charge in [-0.05, 0) is 6.42 Å². The van der Waals surface area contributed by atoms with Gasteiger partial charge in [-0.25, -0.2) is 0 Å². The first-order chi connectivity index (χ1) is 13.9. The fourth-order valence-corrected chi connectivity index (χ4v) is 4.38. The Kier molecular flexibility index (Phi) is 11.5. The number of rotatable bonds is 16. The minimum atomic E-state index is -4.84. The van der Waals surface area contributed by atoms with Gasteiger partial charge in [-0.15, -0.1) is 0 Å². The Morgan fingerprint density at radius 3 is 1.48 bits per heavy atom. The van der Waals surface area contributed by atoms with E-state index in [2.05, 4.69) is 0 Å². The van der Waals surface area contributed by atoms with E-state index in [0.29, 0.717) is 9.80 Å². The van der Waals surface area contributed by atoms with Crippen molar-refractivity contribution in [2.24, 2.45) is 0 Å². The van der Waals surface area contributed by atoms with Crippen molar-refractivity contribution in [2.45, 2.75) is 31.3 Å². The summed E-state index contributed by atoms with van der Waals surface area (Å²) in [4.78, 5) is 82.5. The van der Waals surface area contributed by atoms with Gasteiger partial charge in [0.25, 0.3) is 0 Å². The molecule has 0 aromatic heterocycles. The van der Waals surface area contributed by atoms with Crippen LogP contribution in [0.4, 0.5) is 0 Å². The largest absolute Gasteiger partial charge is 0.481 e. The van der Waals surface area contributed by atoms with Gasteiger partial charge in [0, 0.05) is 19.5 Å². The molecule has 0 aliphatic heterocycles. The van der Waals surface area contributed by atoms with E-state index in [0.717, 1.165) is 0 Å². The third kappa shape index (κ3) is 13.2. The summed E-state index contributed by atoms with van der Waals surface area (Å²) in [6.45, 7) is -1.38. The van der Waals surface area contributed by atoms with Gasteiger partial charge in [0.15, 0.2) is 0 Å². The van der Waals surface area contributed by atoms with Gasteiger partial charge in [-0.1, -0.05) is 0 Å². The Morgan fingerprint density at radius 2 is 1.16 bits per heavy atom. The van der Waals surface area contributed by atoms with Crippen molar-refractivity contribution in [1.29, 1.82) is 0 Å². The Bertz CT molecular complexity index is 737. The fourth-order valence-electron chi connectivity index (χ4n) is 2.70. The maximum Gasteiger partial charge on any atom is 0.339 e. The van der Waals surface area contributed by atoms with Gasteiger partial charge in [0.1, 0.15) is 24.7 Å². The second kappa shape index (κ2) is 12.2. The summed E-state index contributed by atoms with van der Waals surface area (Å²) in [6.07, 6.45) is -4.76. The zero-order valence-electron chi connectivity index (χ0n) is 15.9. The lowest BCUT2D eigenvalue weighted by Crippen LogP contribution is -2.54. The van der Waals surface area contributed by atoms with E-state index in [9.17, 15) is 38.5 Å². The Hall–Kier alpha value is -1.90. The van der Waals surface area contributed by atoms with Crippen molar-refractivity contribution in [3.05, 3.63) is 0 Å². The number of carboxylic acids is 4. The molecule has 18 heteroatoms. The highest BCUT2D eigenvalue weighted by atomic mass is 31.2. The molecule has 0 bridgehead atoms. The van der Waals surface area contributed by atoms with E-state index in [1.807, 2.05) is 0 Å². The highest BCUT2D eigenvalue weighted by Crippen LogP contribution is 2.40. The maximum absolute atomic E-state index is 11.6. The summed E-state index contributed by atoms with van der Waals surface area (Å²) in [6, 6.07) is -3.79. The first kappa shape index (κ1) is 29.1. The van der Waals surface area contributed by atoms with Crippen molar-refractivity contribution >= 4 is 39.1 Å². The molecule has 0 rings (SSSR count). The summed E-state index contributed by atoms with van der Waals surface area (Å²) in [5.41, 5.74) is 0. The quantitative estimate of drug-likeness (QED) is 0.109. The van der Waals surface area contributed by atoms with Crippen molar-refractivity contribution in [3.8, 4) is 0 Å². The van der Waals surface area contributed by atoms with Gasteiger partial charge in [0.2, 0.25) is 0 Å². The van der Waals surface area contributed by atoms with Crippen LogP contribution in [0.25, 0.3) is 0 Å². The zero-order valence-corrected chi connectivity index (χ0v) is 17.7. The molecule has 0 aliphatic carbocycles. The van der Waals surface area contributed by atoms with Crippen molar-refractivity contribution in [3.63, 3.8) is 0 Å². The van der Waals surface area contributed by atoms with E-state index < -0.39 is 96.1 Å². The molecule has 0 saturated carbocycles. The molecule has 0 amide bonds. The highest BCUT2D eigenvalue weighted by molar-refractivity contribution is 7.52. The summed E-state index contributed by atoms with van der Waals surface area (Å²) in [5, 5.41) is 36.5.